The second-order valence-electron chi connectivity index (χ2n) is 6.43. The zero-order chi connectivity index (χ0) is 17.6. The Balaban J connectivity index is 1.40. The van der Waals surface area contributed by atoms with Gasteiger partial charge in [0.15, 0.2) is 0 Å². The summed E-state index contributed by atoms with van der Waals surface area (Å²) in [4.78, 5) is 16.2. The molecule has 134 valence electrons. The highest BCUT2D eigenvalue weighted by Gasteiger charge is 2.20. The van der Waals surface area contributed by atoms with Gasteiger partial charge in [-0.15, -0.1) is 0 Å². The number of aryl methyl sites for hydroxylation is 2. The van der Waals surface area contributed by atoms with Crippen LogP contribution >= 0.6 is 0 Å². The van der Waals surface area contributed by atoms with E-state index in [0.29, 0.717) is 25.5 Å². The van der Waals surface area contributed by atoms with Crippen molar-refractivity contribution < 1.29 is 14.3 Å². The molecule has 0 spiro atoms. The maximum Gasteiger partial charge on any atom is 0.220 e. The second kappa shape index (κ2) is 8.05. The molecule has 0 fully saturated rings. The maximum atomic E-state index is 12.0. The van der Waals surface area contributed by atoms with Crippen molar-refractivity contribution in [1.82, 2.24) is 14.9 Å². The molecular weight excluding hydrogens is 318 g/mol. The number of imidazole rings is 1. The van der Waals surface area contributed by atoms with E-state index in [9.17, 15) is 4.79 Å². The van der Waals surface area contributed by atoms with Crippen LogP contribution in [0.5, 0.6) is 11.5 Å². The number of carbonyl (C=O) groups excluding carboxylic acids is 1. The number of nitrogens with one attached hydrogen (secondary N) is 1. The Labute approximate surface area is 148 Å². The third-order valence-electron chi connectivity index (χ3n) is 4.57. The van der Waals surface area contributed by atoms with Gasteiger partial charge >= 0.3 is 0 Å². The van der Waals surface area contributed by atoms with Gasteiger partial charge in [-0.05, 0) is 31.4 Å². The molecule has 2 aromatic rings. The van der Waals surface area contributed by atoms with E-state index >= 15 is 0 Å². The van der Waals surface area contributed by atoms with Crippen LogP contribution in [0.15, 0.2) is 30.6 Å². The first-order valence-electron chi connectivity index (χ1n) is 8.70. The normalized spacial score (nSPS) is 16.0. The van der Waals surface area contributed by atoms with Crippen molar-refractivity contribution in [2.75, 3.05) is 20.3 Å². The highest BCUT2D eigenvalue weighted by Crippen LogP contribution is 2.30. The SMILES string of the molecule is COc1ccc2c(c1)OC[C@H](CNC(=O)CCCn1ccnc1C)C2. The first-order chi connectivity index (χ1) is 12.2. The van der Waals surface area contributed by atoms with Gasteiger partial charge in [0.1, 0.15) is 17.3 Å². The van der Waals surface area contributed by atoms with Gasteiger partial charge in [-0.1, -0.05) is 6.07 Å². The summed E-state index contributed by atoms with van der Waals surface area (Å²) in [5.74, 6) is 3.07. The Bertz CT molecular complexity index is 726. The van der Waals surface area contributed by atoms with E-state index in [0.717, 1.165) is 36.7 Å². The first kappa shape index (κ1) is 17.3. The van der Waals surface area contributed by atoms with E-state index in [1.165, 1.54) is 5.56 Å². The molecule has 1 aliphatic heterocycles. The summed E-state index contributed by atoms with van der Waals surface area (Å²) in [5, 5.41) is 3.03. The minimum atomic E-state index is 0.0956. The van der Waals surface area contributed by atoms with Gasteiger partial charge in [-0.3, -0.25) is 4.79 Å². The van der Waals surface area contributed by atoms with Crippen LogP contribution in [0.3, 0.4) is 0 Å². The van der Waals surface area contributed by atoms with Gasteiger partial charge in [0.2, 0.25) is 5.91 Å². The lowest BCUT2D eigenvalue weighted by molar-refractivity contribution is -0.121. The average Bonchev–Trinajstić information content (AvgIpc) is 3.04. The van der Waals surface area contributed by atoms with Crippen LogP contribution in [0.2, 0.25) is 0 Å². The van der Waals surface area contributed by atoms with Crippen LogP contribution in [-0.2, 0) is 17.8 Å². The summed E-state index contributed by atoms with van der Waals surface area (Å²) in [6.07, 6.45) is 5.98. The van der Waals surface area contributed by atoms with E-state index in [1.807, 2.05) is 31.3 Å². The minimum absolute atomic E-state index is 0.0956. The predicted octanol–water partition coefficient (Wildman–Crippen LogP) is 2.35. The molecule has 6 heteroatoms. The van der Waals surface area contributed by atoms with Crippen molar-refractivity contribution in [1.29, 1.82) is 0 Å². The summed E-state index contributed by atoms with van der Waals surface area (Å²) in [6.45, 7) is 4.06. The number of carbonyl (C=O) groups is 1. The van der Waals surface area contributed by atoms with Crippen molar-refractivity contribution in [2.45, 2.75) is 32.7 Å². The maximum absolute atomic E-state index is 12.0. The van der Waals surface area contributed by atoms with Crippen molar-refractivity contribution in [2.24, 2.45) is 5.92 Å². The molecule has 0 saturated heterocycles. The van der Waals surface area contributed by atoms with Gasteiger partial charge in [0, 0.05) is 43.9 Å². The molecule has 0 aliphatic carbocycles. The molecule has 1 N–H and O–H groups in total. The molecule has 1 aliphatic rings. The number of methoxy groups -OCH3 is 1. The van der Waals surface area contributed by atoms with E-state index in [-0.39, 0.29) is 5.91 Å². The van der Waals surface area contributed by atoms with Gasteiger partial charge in [0.25, 0.3) is 0 Å². The molecule has 1 aromatic heterocycles. The standard InChI is InChI=1S/C19H25N3O3/c1-14-20-7-9-22(14)8-3-4-19(23)21-12-15-10-16-5-6-17(24-2)11-18(16)25-13-15/h5-7,9,11,15H,3-4,8,10,12-13H2,1-2H3,(H,21,23)/t15-/m0/s1. The number of amides is 1. The number of benzene rings is 1. The molecule has 1 amide bonds. The molecule has 6 nitrogen and oxygen atoms in total. The fourth-order valence-corrected chi connectivity index (χ4v) is 3.07. The molecule has 2 heterocycles. The zero-order valence-electron chi connectivity index (χ0n) is 14.8. The molecule has 0 saturated carbocycles. The second-order valence-corrected chi connectivity index (χ2v) is 6.43. The Morgan fingerprint density at radius 3 is 3.12 bits per heavy atom. The summed E-state index contributed by atoms with van der Waals surface area (Å²) in [7, 11) is 1.65. The molecule has 0 radical (unpaired) electrons. The van der Waals surface area contributed by atoms with Crippen LogP contribution in [0.1, 0.15) is 24.2 Å². The largest absolute Gasteiger partial charge is 0.497 e. The number of hydrogen-bond donors (Lipinski definition) is 1. The summed E-state index contributed by atoms with van der Waals surface area (Å²) in [6, 6.07) is 5.90. The number of nitrogens with zero attached hydrogens (tertiary/aromatic N) is 2. The first-order valence-corrected chi connectivity index (χ1v) is 8.70. The Morgan fingerprint density at radius 2 is 2.36 bits per heavy atom. The summed E-state index contributed by atoms with van der Waals surface area (Å²) in [5.41, 5.74) is 1.17. The summed E-state index contributed by atoms with van der Waals surface area (Å²) >= 11 is 0. The molecule has 0 unspecified atom stereocenters. The average molecular weight is 343 g/mol. The number of aromatic nitrogens is 2. The van der Waals surface area contributed by atoms with Crippen molar-refractivity contribution in [3.05, 3.63) is 42.0 Å². The van der Waals surface area contributed by atoms with Crippen LogP contribution in [0, 0.1) is 12.8 Å². The Morgan fingerprint density at radius 1 is 1.48 bits per heavy atom. The topological polar surface area (TPSA) is 65.4 Å². The molecule has 25 heavy (non-hydrogen) atoms. The quantitative estimate of drug-likeness (QED) is 0.838. The number of hydrogen-bond acceptors (Lipinski definition) is 4. The van der Waals surface area contributed by atoms with Crippen LogP contribution < -0.4 is 14.8 Å². The molecular formula is C19H25N3O3. The third-order valence-corrected chi connectivity index (χ3v) is 4.57. The van der Waals surface area contributed by atoms with E-state index in [1.54, 1.807) is 13.3 Å². The third kappa shape index (κ3) is 4.53. The van der Waals surface area contributed by atoms with E-state index in [4.69, 9.17) is 9.47 Å². The van der Waals surface area contributed by atoms with Crippen LogP contribution in [-0.4, -0.2) is 35.7 Å². The fraction of sp³-hybridized carbons (Fsp3) is 0.474. The molecule has 0 bridgehead atoms. The van der Waals surface area contributed by atoms with Gasteiger partial charge in [0.05, 0.1) is 13.7 Å². The molecule has 1 atom stereocenters. The Hall–Kier alpha value is -2.50. The number of ether oxygens (including phenoxy) is 2. The minimum Gasteiger partial charge on any atom is -0.497 e. The lowest BCUT2D eigenvalue weighted by Gasteiger charge is -2.25. The Kier molecular flexibility index (Phi) is 5.58. The highest BCUT2D eigenvalue weighted by atomic mass is 16.5. The van der Waals surface area contributed by atoms with Crippen molar-refractivity contribution in [3.8, 4) is 11.5 Å². The van der Waals surface area contributed by atoms with E-state index < -0.39 is 0 Å². The van der Waals surface area contributed by atoms with Crippen molar-refractivity contribution in [3.63, 3.8) is 0 Å². The van der Waals surface area contributed by atoms with Crippen LogP contribution in [0.4, 0.5) is 0 Å². The van der Waals surface area contributed by atoms with Gasteiger partial charge in [-0.25, -0.2) is 4.98 Å². The van der Waals surface area contributed by atoms with Crippen LogP contribution in [0.25, 0.3) is 0 Å². The zero-order valence-corrected chi connectivity index (χ0v) is 14.8. The monoisotopic (exact) mass is 343 g/mol. The predicted molar refractivity (Wildman–Crippen MR) is 94.9 cm³/mol. The number of rotatable bonds is 7. The van der Waals surface area contributed by atoms with E-state index in [2.05, 4.69) is 14.9 Å². The molecule has 1 aromatic carbocycles. The lowest BCUT2D eigenvalue weighted by atomic mass is 9.96. The molecule has 3 rings (SSSR count). The summed E-state index contributed by atoms with van der Waals surface area (Å²) < 4.78 is 13.1. The highest BCUT2D eigenvalue weighted by molar-refractivity contribution is 5.75. The lowest BCUT2D eigenvalue weighted by Crippen LogP contribution is -2.34. The number of fused-ring (bicyclic) bond motifs is 1. The fourth-order valence-electron chi connectivity index (χ4n) is 3.07. The van der Waals surface area contributed by atoms with Gasteiger partial charge in [-0.2, -0.15) is 0 Å². The smallest absolute Gasteiger partial charge is 0.220 e. The van der Waals surface area contributed by atoms with Gasteiger partial charge < -0.3 is 19.4 Å². The van der Waals surface area contributed by atoms with Crippen molar-refractivity contribution >= 4 is 5.91 Å².